The van der Waals surface area contributed by atoms with E-state index < -0.39 is 4.92 Å². The van der Waals surface area contributed by atoms with Crippen LogP contribution < -0.4 is 5.32 Å². The molecule has 0 saturated carbocycles. The molecule has 33 heavy (non-hydrogen) atoms. The van der Waals surface area contributed by atoms with Gasteiger partial charge in [-0.25, -0.2) is 4.68 Å². The number of carbonyl (C=O) groups is 3. The summed E-state index contributed by atoms with van der Waals surface area (Å²) in [4.78, 5) is 49.1. The number of nitrogens with one attached hydrogen (secondary N) is 1. The van der Waals surface area contributed by atoms with Crippen LogP contribution in [0, 0.1) is 24.0 Å². The number of fused-ring (bicyclic) bond motifs is 1. The van der Waals surface area contributed by atoms with E-state index in [4.69, 9.17) is 0 Å². The zero-order valence-electron chi connectivity index (χ0n) is 18.1. The molecule has 168 valence electrons. The number of nitrogens with zero attached hydrogens (tertiary/aromatic N) is 4. The normalized spacial score (nSPS) is 12.7. The predicted octanol–water partition coefficient (Wildman–Crippen LogP) is 3.41. The van der Waals surface area contributed by atoms with E-state index in [1.54, 1.807) is 43.3 Å². The number of aryl methyl sites for hydroxylation is 2. The third-order valence-corrected chi connectivity index (χ3v) is 5.32. The fourth-order valence-corrected chi connectivity index (χ4v) is 3.71. The summed E-state index contributed by atoms with van der Waals surface area (Å²) in [6, 6.07) is 12.6. The molecule has 0 aliphatic carbocycles. The summed E-state index contributed by atoms with van der Waals surface area (Å²) in [6.07, 6.45) is 0.401. The molecule has 1 N–H and O–H groups in total. The number of imide groups is 1. The van der Waals surface area contributed by atoms with Crippen molar-refractivity contribution in [2.24, 2.45) is 0 Å². The summed E-state index contributed by atoms with van der Waals surface area (Å²) in [6.45, 7) is 3.76. The van der Waals surface area contributed by atoms with Crippen molar-refractivity contribution in [3.05, 3.63) is 81.0 Å². The van der Waals surface area contributed by atoms with Gasteiger partial charge in [0.2, 0.25) is 5.91 Å². The third-order valence-electron chi connectivity index (χ3n) is 5.32. The van der Waals surface area contributed by atoms with E-state index in [0.29, 0.717) is 34.7 Å². The molecule has 0 fully saturated rings. The summed E-state index contributed by atoms with van der Waals surface area (Å²) in [5.74, 6) is -0.568. The lowest BCUT2D eigenvalue weighted by Crippen LogP contribution is -2.31. The highest BCUT2D eigenvalue weighted by Crippen LogP contribution is 2.24. The minimum absolute atomic E-state index is 0.0449. The number of rotatable bonds is 7. The molecule has 3 amide bonds. The maximum absolute atomic E-state index is 12.5. The second kappa shape index (κ2) is 8.65. The highest BCUT2D eigenvalue weighted by atomic mass is 16.6. The Morgan fingerprint density at radius 2 is 1.73 bits per heavy atom. The largest absolute Gasteiger partial charge is 0.311 e. The van der Waals surface area contributed by atoms with Crippen molar-refractivity contribution in [1.29, 1.82) is 0 Å². The maximum Gasteiger partial charge on any atom is 0.269 e. The maximum atomic E-state index is 12.5. The Morgan fingerprint density at radius 3 is 2.42 bits per heavy atom. The van der Waals surface area contributed by atoms with Gasteiger partial charge in [0.1, 0.15) is 5.82 Å². The van der Waals surface area contributed by atoms with E-state index in [2.05, 4.69) is 10.4 Å². The van der Waals surface area contributed by atoms with Gasteiger partial charge >= 0.3 is 0 Å². The predicted molar refractivity (Wildman–Crippen MR) is 119 cm³/mol. The first-order valence-corrected chi connectivity index (χ1v) is 10.3. The number of benzene rings is 2. The van der Waals surface area contributed by atoms with Crippen LogP contribution in [0.3, 0.4) is 0 Å². The number of nitro benzene ring substituents is 1. The van der Waals surface area contributed by atoms with Crippen LogP contribution in [-0.2, 0) is 4.79 Å². The quantitative estimate of drug-likeness (QED) is 0.336. The number of amides is 3. The van der Waals surface area contributed by atoms with Crippen molar-refractivity contribution >= 4 is 29.2 Å². The Labute approximate surface area is 189 Å². The van der Waals surface area contributed by atoms with Crippen LogP contribution in [0.1, 0.15) is 44.8 Å². The number of non-ortho nitro benzene ring substituents is 1. The Bertz CT molecular complexity index is 1280. The highest BCUT2D eigenvalue weighted by molar-refractivity contribution is 6.21. The fourth-order valence-electron chi connectivity index (χ4n) is 3.71. The van der Waals surface area contributed by atoms with Gasteiger partial charge in [-0.1, -0.05) is 11.6 Å². The molecule has 1 aliphatic heterocycles. The van der Waals surface area contributed by atoms with E-state index in [-0.39, 0.29) is 36.4 Å². The molecular weight excluding hydrogens is 426 g/mol. The molecule has 1 aliphatic rings. The summed E-state index contributed by atoms with van der Waals surface area (Å²) >= 11 is 0. The van der Waals surface area contributed by atoms with Gasteiger partial charge < -0.3 is 5.32 Å². The zero-order chi connectivity index (χ0) is 23.7. The van der Waals surface area contributed by atoms with E-state index in [0.717, 1.165) is 5.56 Å². The van der Waals surface area contributed by atoms with E-state index >= 15 is 0 Å². The number of hydrogen-bond donors (Lipinski definition) is 1. The molecule has 2 aromatic carbocycles. The summed E-state index contributed by atoms with van der Waals surface area (Å²) in [7, 11) is 0. The standard InChI is InChI=1S/C23H21N5O5/c1-14-5-10-18-19(12-14)23(31)26(22(18)30)11-3-4-21(29)24-20-13-15(2)25-27(20)16-6-8-17(9-7-16)28(32)33/h5-10,12-13H,3-4,11H2,1-2H3,(H,24,29). The average molecular weight is 447 g/mol. The summed E-state index contributed by atoms with van der Waals surface area (Å²) < 4.78 is 1.49. The molecule has 10 heteroatoms. The van der Waals surface area contributed by atoms with Gasteiger partial charge in [0.05, 0.1) is 27.4 Å². The van der Waals surface area contributed by atoms with Crippen LogP contribution in [0.5, 0.6) is 0 Å². The molecular formula is C23H21N5O5. The highest BCUT2D eigenvalue weighted by Gasteiger charge is 2.35. The molecule has 0 saturated heterocycles. The number of nitro groups is 1. The summed E-state index contributed by atoms with van der Waals surface area (Å²) in [5.41, 5.74) is 2.85. The Morgan fingerprint density at radius 1 is 1.03 bits per heavy atom. The van der Waals surface area contributed by atoms with Crippen LogP contribution in [0.4, 0.5) is 11.5 Å². The molecule has 0 unspecified atom stereocenters. The number of carbonyl (C=O) groups excluding carboxylic acids is 3. The van der Waals surface area contributed by atoms with E-state index in [1.807, 2.05) is 6.92 Å². The van der Waals surface area contributed by atoms with Crippen LogP contribution in [0.15, 0.2) is 48.5 Å². The summed E-state index contributed by atoms with van der Waals surface area (Å²) in [5, 5.41) is 18.0. The molecule has 0 atom stereocenters. The van der Waals surface area contributed by atoms with E-state index in [1.165, 1.54) is 21.7 Å². The monoisotopic (exact) mass is 447 g/mol. The Hall–Kier alpha value is -4.34. The minimum atomic E-state index is -0.490. The van der Waals surface area contributed by atoms with Gasteiger partial charge in [0.15, 0.2) is 0 Å². The lowest BCUT2D eigenvalue weighted by Gasteiger charge is -2.13. The zero-order valence-corrected chi connectivity index (χ0v) is 18.1. The Kier molecular flexibility index (Phi) is 5.74. The average Bonchev–Trinajstić information content (AvgIpc) is 3.25. The topological polar surface area (TPSA) is 127 Å². The van der Waals surface area contributed by atoms with Crippen molar-refractivity contribution < 1.29 is 19.3 Å². The van der Waals surface area contributed by atoms with Gasteiger partial charge in [0, 0.05) is 31.2 Å². The second-order valence-electron chi connectivity index (χ2n) is 7.82. The lowest BCUT2D eigenvalue weighted by molar-refractivity contribution is -0.384. The number of hydrogen-bond acceptors (Lipinski definition) is 6. The molecule has 4 rings (SSSR count). The first-order chi connectivity index (χ1) is 15.7. The van der Waals surface area contributed by atoms with Gasteiger partial charge in [-0.15, -0.1) is 0 Å². The van der Waals surface area contributed by atoms with Crippen LogP contribution in [0.2, 0.25) is 0 Å². The van der Waals surface area contributed by atoms with Crippen LogP contribution >= 0.6 is 0 Å². The van der Waals surface area contributed by atoms with E-state index in [9.17, 15) is 24.5 Å². The van der Waals surface area contributed by atoms with Crippen molar-refractivity contribution in [2.45, 2.75) is 26.7 Å². The van der Waals surface area contributed by atoms with Crippen LogP contribution in [0.25, 0.3) is 5.69 Å². The van der Waals surface area contributed by atoms with Crippen molar-refractivity contribution in [1.82, 2.24) is 14.7 Å². The Balaban J connectivity index is 1.38. The van der Waals surface area contributed by atoms with Crippen molar-refractivity contribution in [3.63, 3.8) is 0 Å². The van der Waals surface area contributed by atoms with Gasteiger partial charge in [-0.3, -0.25) is 29.4 Å². The van der Waals surface area contributed by atoms with Crippen molar-refractivity contribution in [3.8, 4) is 5.69 Å². The van der Waals surface area contributed by atoms with Gasteiger partial charge in [-0.2, -0.15) is 5.10 Å². The molecule has 0 bridgehead atoms. The minimum Gasteiger partial charge on any atom is -0.311 e. The van der Waals surface area contributed by atoms with Crippen LogP contribution in [-0.4, -0.2) is 43.9 Å². The number of aromatic nitrogens is 2. The van der Waals surface area contributed by atoms with Crippen molar-refractivity contribution in [2.75, 3.05) is 11.9 Å². The molecule has 0 radical (unpaired) electrons. The smallest absolute Gasteiger partial charge is 0.269 e. The SMILES string of the molecule is Cc1ccc2c(c1)C(=O)N(CCCC(=O)Nc1cc(C)nn1-c1ccc([N+](=O)[O-])cc1)C2=O. The molecule has 10 nitrogen and oxygen atoms in total. The second-order valence-corrected chi connectivity index (χ2v) is 7.82. The molecule has 2 heterocycles. The fraction of sp³-hybridized carbons (Fsp3) is 0.217. The first-order valence-electron chi connectivity index (χ1n) is 10.3. The number of anilines is 1. The molecule has 3 aromatic rings. The molecule has 0 spiro atoms. The molecule has 1 aromatic heterocycles. The van der Waals surface area contributed by atoms with Gasteiger partial charge in [0.25, 0.3) is 17.5 Å². The first kappa shape index (κ1) is 21.9. The lowest BCUT2D eigenvalue weighted by atomic mass is 10.1. The third kappa shape index (κ3) is 4.36. The van der Waals surface area contributed by atoms with Gasteiger partial charge in [-0.05, 0) is 44.5 Å².